The van der Waals surface area contributed by atoms with Gasteiger partial charge in [0, 0.05) is 19.1 Å². The molecule has 0 aliphatic carbocycles. The molecule has 0 bridgehead atoms. The molecule has 0 saturated carbocycles. The molecule has 1 heterocycles. The fraction of sp³-hybridized carbons (Fsp3) is 0.579. The minimum absolute atomic E-state index is 0.0156. The number of sulfone groups is 1. The second kappa shape index (κ2) is 8.20. The molecular weight excluding hydrogens is 352 g/mol. The lowest BCUT2D eigenvalue weighted by Gasteiger charge is -2.34. The lowest BCUT2D eigenvalue weighted by molar-refractivity contribution is -0.149. The molecule has 144 valence electrons. The topological polar surface area (TPSA) is 83.6 Å². The molecule has 1 aliphatic rings. The fourth-order valence-corrected chi connectivity index (χ4v) is 4.96. The number of amides is 2. The molecule has 26 heavy (non-hydrogen) atoms. The summed E-state index contributed by atoms with van der Waals surface area (Å²) in [6, 6.07) is 9.46. The van der Waals surface area contributed by atoms with Gasteiger partial charge in [-0.2, -0.15) is 0 Å². The van der Waals surface area contributed by atoms with Crippen molar-refractivity contribution in [3.05, 3.63) is 35.9 Å². The molecule has 1 atom stereocenters. The lowest BCUT2D eigenvalue weighted by atomic mass is 9.89. The number of carbonyl (C=O) groups excluding carboxylic acids is 2. The third kappa shape index (κ3) is 4.84. The second-order valence-electron chi connectivity index (χ2n) is 7.26. The molecule has 1 aromatic rings. The van der Waals surface area contributed by atoms with E-state index in [4.69, 9.17) is 0 Å². The molecule has 7 heteroatoms. The first-order chi connectivity index (χ1) is 12.2. The van der Waals surface area contributed by atoms with E-state index in [-0.39, 0.29) is 29.4 Å². The van der Waals surface area contributed by atoms with E-state index >= 15 is 0 Å². The zero-order chi connectivity index (χ0) is 19.4. The molecule has 1 aliphatic heterocycles. The number of carbonyl (C=O) groups is 2. The van der Waals surface area contributed by atoms with Gasteiger partial charge < -0.3 is 10.2 Å². The van der Waals surface area contributed by atoms with Gasteiger partial charge in [-0.25, -0.2) is 8.42 Å². The normalized spacial score (nSPS) is 19.1. The summed E-state index contributed by atoms with van der Waals surface area (Å²) in [6.45, 7) is 5.84. The smallest absolute Gasteiger partial charge is 0.237 e. The molecular formula is C19H28N2O4S. The van der Waals surface area contributed by atoms with Gasteiger partial charge in [-0.3, -0.25) is 9.59 Å². The van der Waals surface area contributed by atoms with Gasteiger partial charge in [0.1, 0.15) is 5.41 Å². The van der Waals surface area contributed by atoms with E-state index in [0.717, 1.165) is 5.56 Å². The summed E-state index contributed by atoms with van der Waals surface area (Å²) in [5.41, 5.74) is -0.123. The first-order valence-corrected chi connectivity index (χ1v) is 10.8. The maximum absolute atomic E-state index is 12.9. The largest absolute Gasteiger partial charge is 0.355 e. The Kier molecular flexibility index (Phi) is 6.44. The van der Waals surface area contributed by atoms with Crippen molar-refractivity contribution in [2.75, 3.05) is 24.6 Å². The van der Waals surface area contributed by atoms with E-state index in [2.05, 4.69) is 5.32 Å². The Bertz CT molecular complexity index is 744. The number of hydrogen-bond donors (Lipinski definition) is 1. The Hall–Kier alpha value is -1.89. The molecule has 0 spiro atoms. The zero-order valence-corrected chi connectivity index (χ0v) is 16.5. The van der Waals surface area contributed by atoms with Crippen molar-refractivity contribution in [1.29, 1.82) is 0 Å². The van der Waals surface area contributed by atoms with E-state index in [1.807, 2.05) is 37.3 Å². The van der Waals surface area contributed by atoms with E-state index in [1.165, 1.54) is 0 Å². The lowest BCUT2D eigenvalue weighted by Crippen LogP contribution is -2.53. The van der Waals surface area contributed by atoms with Crippen molar-refractivity contribution in [2.24, 2.45) is 5.41 Å². The molecule has 2 amide bonds. The summed E-state index contributed by atoms with van der Waals surface area (Å²) in [5, 5.41) is 2.83. The fourth-order valence-electron chi connectivity index (χ4n) is 3.23. The first-order valence-electron chi connectivity index (χ1n) is 9.01. The summed E-state index contributed by atoms with van der Waals surface area (Å²) >= 11 is 0. The van der Waals surface area contributed by atoms with Gasteiger partial charge in [0.2, 0.25) is 11.8 Å². The van der Waals surface area contributed by atoms with Gasteiger partial charge in [-0.15, -0.1) is 0 Å². The van der Waals surface area contributed by atoms with Crippen LogP contribution in [0.4, 0.5) is 0 Å². The van der Waals surface area contributed by atoms with Crippen molar-refractivity contribution in [2.45, 2.75) is 39.7 Å². The predicted octanol–water partition coefficient (Wildman–Crippen LogP) is 1.41. The average molecular weight is 381 g/mol. The Balaban J connectivity index is 1.97. The summed E-state index contributed by atoms with van der Waals surface area (Å²) in [5.74, 6) is -0.569. The van der Waals surface area contributed by atoms with Gasteiger partial charge in [-0.05, 0) is 39.2 Å². The number of rotatable bonds is 7. The van der Waals surface area contributed by atoms with Crippen LogP contribution in [0.2, 0.25) is 0 Å². The predicted molar refractivity (Wildman–Crippen MR) is 101 cm³/mol. The van der Waals surface area contributed by atoms with Crippen LogP contribution in [-0.2, 0) is 25.8 Å². The number of nitrogens with zero attached hydrogens (tertiary/aromatic N) is 1. The number of nitrogens with one attached hydrogen (secondary N) is 1. The van der Waals surface area contributed by atoms with Crippen molar-refractivity contribution in [1.82, 2.24) is 10.2 Å². The Morgan fingerprint density at radius 1 is 1.23 bits per heavy atom. The molecule has 1 saturated heterocycles. The van der Waals surface area contributed by atoms with Gasteiger partial charge in [0.15, 0.2) is 9.84 Å². The van der Waals surface area contributed by atoms with Crippen molar-refractivity contribution < 1.29 is 18.0 Å². The van der Waals surface area contributed by atoms with Crippen LogP contribution >= 0.6 is 0 Å². The third-order valence-corrected chi connectivity index (χ3v) is 6.65. The van der Waals surface area contributed by atoms with E-state index < -0.39 is 15.3 Å². The first kappa shape index (κ1) is 20.4. The molecule has 1 fully saturated rings. The Morgan fingerprint density at radius 2 is 1.88 bits per heavy atom. The quantitative estimate of drug-likeness (QED) is 0.725. The van der Waals surface area contributed by atoms with Crippen molar-refractivity contribution >= 4 is 21.7 Å². The van der Waals surface area contributed by atoms with Crippen LogP contribution in [-0.4, -0.2) is 55.8 Å². The van der Waals surface area contributed by atoms with Crippen LogP contribution in [0.1, 0.15) is 32.8 Å². The Labute approximate surface area is 155 Å². The maximum Gasteiger partial charge on any atom is 0.237 e. The molecule has 0 aromatic heterocycles. The van der Waals surface area contributed by atoms with Gasteiger partial charge in [0.05, 0.1) is 11.5 Å². The summed E-state index contributed by atoms with van der Waals surface area (Å²) in [6.07, 6.45) is 1.13. The van der Waals surface area contributed by atoms with Crippen LogP contribution < -0.4 is 5.32 Å². The SMILES string of the molecule is CCN(C(=O)C(C)(C)C(=O)NCCc1ccccc1)C1CCS(=O)(=O)C1. The molecule has 1 unspecified atom stereocenters. The zero-order valence-electron chi connectivity index (χ0n) is 15.7. The highest BCUT2D eigenvalue weighted by molar-refractivity contribution is 7.91. The van der Waals surface area contributed by atoms with Crippen LogP contribution in [0.5, 0.6) is 0 Å². The highest BCUT2D eigenvalue weighted by atomic mass is 32.2. The molecule has 0 radical (unpaired) electrons. The van der Waals surface area contributed by atoms with Crippen LogP contribution in [0.3, 0.4) is 0 Å². The molecule has 1 N–H and O–H groups in total. The van der Waals surface area contributed by atoms with Crippen LogP contribution in [0, 0.1) is 5.41 Å². The minimum atomic E-state index is -3.09. The maximum atomic E-state index is 12.9. The number of hydrogen-bond acceptors (Lipinski definition) is 4. The van der Waals surface area contributed by atoms with Gasteiger partial charge in [-0.1, -0.05) is 30.3 Å². The number of benzene rings is 1. The average Bonchev–Trinajstić information content (AvgIpc) is 2.96. The van der Waals surface area contributed by atoms with E-state index in [0.29, 0.717) is 25.9 Å². The van der Waals surface area contributed by atoms with Gasteiger partial charge >= 0.3 is 0 Å². The summed E-state index contributed by atoms with van der Waals surface area (Å²) in [4.78, 5) is 27.1. The highest BCUT2D eigenvalue weighted by Gasteiger charge is 2.43. The molecule has 6 nitrogen and oxygen atoms in total. The Morgan fingerprint density at radius 3 is 2.42 bits per heavy atom. The van der Waals surface area contributed by atoms with Crippen LogP contribution in [0.25, 0.3) is 0 Å². The highest BCUT2D eigenvalue weighted by Crippen LogP contribution is 2.25. The van der Waals surface area contributed by atoms with Crippen molar-refractivity contribution in [3.8, 4) is 0 Å². The van der Waals surface area contributed by atoms with E-state index in [1.54, 1.807) is 18.7 Å². The minimum Gasteiger partial charge on any atom is -0.355 e. The van der Waals surface area contributed by atoms with Crippen LogP contribution in [0.15, 0.2) is 30.3 Å². The standard InChI is InChI=1S/C19H28N2O4S/c1-4-21(16-11-13-26(24,25)14-16)18(23)19(2,3)17(22)20-12-10-15-8-6-5-7-9-15/h5-9,16H,4,10-14H2,1-3H3,(H,20,22). The third-order valence-electron chi connectivity index (χ3n) is 4.90. The summed E-state index contributed by atoms with van der Waals surface area (Å²) < 4.78 is 23.5. The molecule has 1 aromatic carbocycles. The second-order valence-corrected chi connectivity index (χ2v) is 9.49. The monoisotopic (exact) mass is 380 g/mol. The van der Waals surface area contributed by atoms with Gasteiger partial charge in [0.25, 0.3) is 0 Å². The summed E-state index contributed by atoms with van der Waals surface area (Å²) in [7, 11) is -3.09. The van der Waals surface area contributed by atoms with E-state index in [9.17, 15) is 18.0 Å². The van der Waals surface area contributed by atoms with Crippen molar-refractivity contribution in [3.63, 3.8) is 0 Å². The molecule has 2 rings (SSSR count).